The molecule has 1 aromatic heterocycles. The molecule has 0 aliphatic carbocycles. The lowest BCUT2D eigenvalue weighted by Crippen LogP contribution is -2.53. The van der Waals surface area contributed by atoms with E-state index in [1.165, 1.54) is 0 Å². The molecule has 27 heavy (non-hydrogen) atoms. The standard InChI is InChI=1S/C19H30N4O4/c1-3-23-16(4-9-20-23)18(25)22-10-7-19(14-22,8-13-26-2)21-17(24)15-5-11-27-12-6-15/h4,9,15H,3,5-8,10-14H2,1-2H3,(H,21,24). The maximum atomic E-state index is 12.9. The Bertz CT molecular complexity index is 656. The van der Waals surface area contributed by atoms with E-state index < -0.39 is 5.54 Å². The number of aromatic nitrogens is 2. The van der Waals surface area contributed by atoms with Gasteiger partial charge in [-0.3, -0.25) is 14.3 Å². The number of nitrogens with zero attached hydrogens (tertiary/aromatic N) is 3. The molecule has 0 bridgehead atoms. The van der Waals surface area contributed by atoms with Gasteiger partial charge in [0.1, 0.15) is 5.69 Å². The summed E-state index contributed by atoms with van der Waals surface area (Å²) in [5.41, 5.74) is 0.161. The first-order valence-corrected chi connectivity index (χ1v) is 9.78. The zero-order valence-electron chi connectivity index (χ0n) is 16.3. The minimum absolute atomic E-state index is 0.00977. The summed E-state index contributed by atoms with van der Waals surface area (Å²) >= 11 is 0. The normalized spacial score (nSPS) is 23.6. The Balaban J connectivity index is 1.69. The second-order valence-electron chi connectivity index (χ2n) is 7.41. The Morgan fingerprint density at radius 1 is 1.41 bits per heavy atom. The predicted molar refractivity (Wildman–Crippen MR) is 99.3 cm³/mol. The SMILES string of the molecule is CCn1nccc1C(=O)N1CCC(CCOC)(NC(=O)C2CCOCC2)C1. The lowest BCUT2D eigenvalue weighted by atomic mass is 9.91. The molecular formula is C19H30N4O4. The topological polar surface area (TPSA) is 85.7 Å². The first-order valence-electron chi connectivity index (χ1n) is 9.78. The van der Waals surface area contributed by atoms with E-state index in [1.807, 2.05) is 11.8 Å². The van der Waals surface area contributed by atoms with Gasteiger partial charge >= 0.3 is 0 Å². The molecule has 2 saturated heterocycles. The Morgan fingerprint density at radius 3 is 2.89 bits per heavy atom. The molecular weight excluding hydrogens is 348 g/mol. The zero-order valence-corrected chi connectivity index (χ0v) is 16.3. The van der Waals surface area contributed by atoms with Crippen LogP contribution in [0.1, 0.15) is 43.1 Å². The van der Waals surface area contributed by atoms with Crippen LogP contribution < -0.4 is 5.32 Å². The summed E-state index contributed by atoms with van der Waals surface area (Å²) in [5.74, 6) is 0.0284. The molecule has 2 aliphatic heterocycles. The number of ether oxygens (including phenoxy) is 2. The maximum absolute atomic E-state index is 12.9. The highest BCUT2D eigenvalue weighted by Gasteiger charge is 2.42. The van der Waals surface area contributed by atoms with E-state index in [2.05, 4.69) is 10.4 Å². The second kappa shape index (κ2) is 8.84. The number of carbonyl (C=O) groups excluding carboxylic acids is 2. The number of nitrogens with one attached hydrogen (secondary N) is 1. The van der Waals surface area contributed by atoms with Gasteiger partial charge in [0.15, 0.2) is 0 Å². The quantitative estimate of drug-likeness (QED) is 0.767. The average molecular weight is 378 g/mol. The van der Waals surface area contributed by atoms with Crippen LogP contribution in [0.2, 0.25) is 0 Å². The summed E-state index contributed by atoms with van der Waals surface area (Å²) in [7, 11) is 1.66. The highest BCUT2D eigenvalue weighted by atomic mass is 16.5. The first kappa shape index (κ1) is 19.8. The van der Waals surface area contributed by atoms with Crippen LogP contribution in [0.25, 0.3) is 0 Å². The summed E-state index contributed by atoms with van der Waals surface area (Å²) in [4.78, 5) is 27.6. The van der Waals surface area contributed by atoms with Gasteiger partial charge in [-0.25, -0.2) is 0 Å². The highest BCUT2D eigenvalue weighted by Crippen LogP contribution is 2.28. The number of methoxy groups -OCH3 is 1. The average Bonchev–Trinajstić information content (AvgIpc) is 3.34. The molecule has 150 valence electrons. The van der Waals surface area contributed by atoms with Gasteiger partial charge in [-0.15, -0.1) is 0 Å². The molecule has 1 aromatic rings. The first-order chi connectivity index (χ1) is 13.1. The van der Waals surface area contributed by atoms with Crippen LogP contribution in [-0.4, -0.2) is 72.1 Å². The van der Waals surface area contributed by atoms with Crippen molar-refractivity contribution >= 4 is 11.8 Å². The van der Waals surface area contributed by atoms with Crippen molar-refractivity contribution in [3.63, 3.8) is 0 Å². The molecule has 0 radical (unpaired) electrons. The fourth-order valence-electron chi connectivity index (χ4n) is 3.96. The van der Waals surface area contributed by atoms with Crippen molar-refractivity contribution in [1.29, 1.82) is 0 Å². The van der Waals surface area contributed by atoms with E-state index in [4.69, 9.17) is 9.47 Å². The number of amides is 2. The van der Waals surface area contributed by atoms with Crippen LogP contribution in [0.15, 0.2) is 12.3 Å². The number of hydrogen-bond acceptors (Lipinski definition) is 5. The zero-order chi connectivity index (χ0) is 19.3. The molecule has 1 unspecified atom stereocenters. The number of likely N-dealkylation sites (tertiary alicyclic amines) is 1. The summed E-state index contributed by atoms with van der Waals surface area (Å²) in [5, 5.41) is 7.46. The van der Waals surface area contributed by atoms with Crippen LogP contribution in [-0.2, 0) is 20.8 Å². The molecule has 8 nitrogen and oxygen atoms in total. The predicted octanol–water partition coefficient (Wildman–Crippen LogP) is 1.07. The van der Waals surface area contributed by atoms with Crippen molar-refractivity contribution in [2.45, 2.75) is 44.7 Å². The number of carbonyl (C=O) groups is 2. The Hall–Kier alpha value is -1.93. The van der Waals surface area contributed by atoms with E-state index in [-0.39, 0.29) is 17.7 Å². The number of hydrogen-bond donors (Lipinski definition) is 1. The summed E-state index contributed by atoms with van der Waals surface area (Å²) in [6, 6.07) is 1.75. The van der Waals surface area contributed by atoms with Crippen molar-refractivity contribution in [3.05, 3.63) is 18.0 Å². The fourth-order valence-corrected chi connectivity index (χ4v) is 3.96. The van der Waals surface area contributed by atoms with E-state index >= 15 is 0 Å². The highest BCUT2D eigenvalue weighted by molar-refractivity contribution is 5.93. The van der Waals surface area contributed by atoms with Crippen LogP contribution in [0, 0.1) is 5.92 Å². The minimum Gasteiger partial charge on any atom is -0.385 e. The molecule has 8 heteroatoms. The van der Waals surface area contributed by atoms with Gasteiger partial charge in [0.05, 0.1) is 5.54 Å². The third-order valence-corrected chi connectivity index (χ3v) is 5.64. The molecule has 2 aliphatic rings. The van der Waals surface area contributed by atoms with Gasteiger partial charge in [0, 0.05) is 58.7 Å². The van der Waals surface area contributed by atoms with Crippen molar-refractivity contribution in [3.8, 4) is 0 Å². The Morgan fingerprint density at radius 2 is 2.19 bits per heavy atom. The number of rotatable bonds is 7. The molecule has 3 rings (SSSR count). The van der Waals surface area contributed by atoms with Gasteiger partial charge in [0.25, 0.3) is 5.91 Å². The van der Waals surface area contributed by atoms with Crippen LogP contribution in [0.4, 0.5) is 0 Å². The van der Waals surface area contributed by atoms with E-state index in [0.717, 1.165) is 19.3 Å². The van der Waals surface area contributed by atoms with Crippen molar-refractivity contribution in [2.24, 2.45) is 5.92 Å². The summed E-state index contributed by atoms with van der Waals surface area (Å²) < 4.78 is 12.3. The van der Waals surface area contributed by atoms with E-state index in [1.54, 1.807) is 24.1 Å². The monoisotopic (exact) mass is 378 g/mol. The number of aryl methyl sites for hydroxylation is 1. The summed E-state index contributed by atoms with van der Waals surface area (Å²) in [6.45, 7) is 5.54. The fraction of sp³-hybridized carbons (Fsp3) is 0.737. The molecule has 0 aromatic carbocycles. The van der Waals surface area contributed by atoms with Crippen LogP contribution in [0.3, 0.4) is 0 Å². The van der Waals surface area contributed by atoms with Crippen molar-refractivity contribution in [1.82, 2.24) is 20.0 Å². The van der Waals surface area contributed by atoms with Gasteiger partial charge in [-0.1, -0.05) is 0 Å². The smallest absolute Gasteiger partial charge is 0.272 e. The lowest BCUT2D eigenvalue weighted by Gasteiger charge is -2.33. The van der Waals surface area contributed by atoms with Crippen molar-refractivity contribution < 1.29 is 19.1 Å². The second-order valence-corrected chi connectivity index (χ2v) is 7.41. The van der Waals surface area contributed by atoms with Crippen molar-refractivity contribution in [2.75, 3.05) is 40.0 Å². The molecule has 0 spiro atoms. The molecule has 1 atom stereocenters. The third kappa shape index (κ3) is 4.50. The largest absolute Gasteiger partial charge is 0.385 e. The molecule has 2 fully saturated rings. The van der Waals surface area contributed by atoms with Gasteiger partial charge in [-0.2, -0.15) is 5.10 Å². The summed E-state index contributed by atoms with van der Waals surface area (Å²) in [6.07, 6.45) is 4.58. The third-order valence-electron chi connectivity index (χ3n) is 5.64. The van der Waals surface area contributed by atoms with Crippen LogP contribution in [0.5, 0.6) is 0 Å². The maximum Gasteiger partial charge on any atom is 0.272 e. The van der Waals surface area contributed by atoms with E-state index in [9.17, 15) is 9.59 Å². The van der Waals surface area contributed by atoms with Crippen LogP contribution >= 0.6 is 0 Å². The van der Waals surface area contributed by atoms with Gasteiger partial charge < -0.3 is 19.7 Å². The minimum atomic E-state index is -0.432. The Kier molecular flexibility index (Phi) is 6.49. The van der Waals surface area contributed by atoms with E-state index in [0.29, 0.717) is 51.6 Å². The Labute approximate surface area is 160 Å². The lowest BCUT2D eigenvalue weighted by molar-refractivity contribution is -0.130. The van der Waals surface area contributed by atoms with Gasteiger partial charge in [0.2, 0.25) is 5.91 Å². The van der Waals surface area contributed by atoms with Gasteiger partial charge in [-0.05, 0) is 38.7 Å². The molecule has 3 heterocycles. The molecule has 1 N–H and O–H groups in total. The molecule has 2 amide bonds. The molecule has 0 saturated carbocycles.